The van der Waals surface area contributed by atoms with Crippen molar-refractivity contribution in [3.63, 3.8) is 0 Å². The van der Waals surface area contributed by atoms with Crippen LogP contribution in [0.4, 0.5) is 10.1 Å². The van der Waals surface area contributed by atoms with Gasteiger partial charge in [-0.1, -0.05) is 12.1 Å². The first-order chi connectivity index (χ1) is 10.1. The van der Waals surface area contributed by atoms with Crippen molar-refractivity contribution in [2.75, 3.05) is 11.6 Å². The van der Waals surface area contributed by atoms with Gasteiger partial charge in [0.25, 0.3) is 0 Å². The molecule has 0 radical (unpaired) electrons. The standard InChI is InChI=1S/C15H15FN2O2S/c1-21-15-6-5-12(9-17-15)18-14(20)8-13(19)10-3-2-4-11(16)7-10/h2-7,9,13,19H,8H2,1H3,(H,18,20)/t13-/m0/s1. The molecule has 4 nitrogen and oxygen atoms in total. The molecule has 0 spiro atoms. The minimum Gasteiger partial charge on any atom is -0.388 e. The smallest absolute Gasteiger partial charge is 0.227 e. The number of pyridine rings is 1. The number of halogens is 1. The Labute approximate surface area is 126 Å². The minimum absolute atomic E-state index is 0.145. The molecule has 6 heteroatoms. The van der Waals surface area contributed by atoms with Crippen LogP contribution in [0, 0.1) is 5.82 Å². The molecule has 0 fully saturated rings. The zero-order valence-electron chi connectivity index (χ0n) is 11.4. The van der Waals surface area contributed by atoms with Crippen LogP contribution in [-0.4, -0.2) is 22.3 Å². The van der Waals surface area contributed by atoms with Crippen LogP contribution in [0.3, 0.4) is 0 Å². The lowest BCUT2D eigenvalue weighted by Crippen LogP contribution is -2.15. The van der Waals surface area contributed by atoms with Gasteiger partial charge in [0, 0.05) is 0 Å². The highest BCUT2D eigenvalue weighted by atomic mass is 32.2. The summed E-state index contributed by atoms with van der Waals surface area (Å²) >= 11 is 1.51. The van der Waals surface area contributed by atoms with Crippen molar-refractivity contribution in [1.29, 1.82) is 0 Å². The van der Waals surface area contributed by atoms with Gasteiger partial charge in [0.1, 0.15) is 5.82 Å². The molecule has 2 N–H and O–H groups in total. The summed E-state index contributed by atoms with van der Waals surface area (Å²) < 4.78 is 13.1. The van der Waals surface area contributed by atoms with Crippen molar-refractivity contribution in [2.45, 2.75) is 17.6 Å². The average Bonchev–Trinajstić information content (AvgIpc) is 2.48. The summed E-state index contributed by atoms with van der Waals surface area (Å²) in [4.78, 5) is 16.0. The highest BCUT2D eigenvalue weighted by Crippen LogP contribution is 2.19. The van der Waals surface area contributed by atoms with E-state index < -0.39 is 11.9 Å². The van der Waals surface area contributed by atoms with Crippen molar-refractivity contribution in [2.24, 2.45) is 0 Å². The summed E-state index contributed by atoms with van der Waals surface area (Å²) in [7, 11) is 0. The number of aliphatic hydroxyl groups excluding tert-OH is 1. The molecule has 0 aliphatic carbocycles. The van der Waals surface area contributed by atoms with Gasteiger partial charge in [-0.25, -0.2) is 9.37 Å². The van der Waals surface area contributed by atoms with Gasteiger partial charge in [0.05, 0.1) is 29.4 Å². The van der Waals surface area contributed by atoms with Crippen LogP contribution in [-0.2, 0) is 4.79 Å². The Balaban J connectivity index is 1.94. The van der Waals surface area contributed by atoms with Crippen molar-refractivity contribution in [3.05, 3.63) is 54.0 Å². The normalized spacial score (nSPS) is 12.0. The van der Waals surface area contributed by atoms with Crippen LogP contribution >= 0.6 is 11.8 Å². The average molecular weight is 306 g/mol. The van der Waals surface area contributed by atoms with E-state index in [0.29, 0.717) is 11.3 Å². The number of hydrogen-bond acceptors (Lipinski definition) is 4. The molecular weight excluding hydrogens is 291 g/mol. The molecule has 2 aromatic rings. The second kappa shape index (κ2) is 7.19. The third kappa shape index (κ3) is 4.54. The second-order valence-electron chi connectivity index (χ2n) is 4.41. The lowest BCUT2D eigenvalue weighted by Gasteiger charge is -2.11. The summed E-state index contributed by atoms with van der Waals surface area (Å²) in [6.07, 6.45) is 2.28. The van der Waals surface area contributed by atoms with E-state index in [1.54, 1.807) is 24.4 Å². The zero-order valence-corrected chi connectivity index (χ0v) is 12.2. The van der Waals surface area contributed by atoms with Gasteiger partial charge in [-0.05, 0) is 36.1 Å². The quantitative estimate of drug-likeness (QED) is 0.834. The monoisotopic (exact) mass is 306 g/mol. The number of thioether (sulfide) groups is 1. The van der Waals surface area contributed by atoms with Gasteiger partial charge in [0.15, 0.2) is 0 Å². The van der Waals surface area contributed by atoms with Crippen LogP contribution in [0.5, 0.6) is 0 Å². The van der Waals surface area contributed by atoms with Gasteiger partial charge < -0.3 is 10.4 Å². The number of nitrogens with zero attached hydrogens (tertiary/aromatic N) is 1. The Morgan fingerprint density at radius 1 is 1.43 bits per heavy atom. The SMILES string of the molecule is CSc1ccc(NC(=O)C[C@H](O)c2cccc(F)c2)cn1. The van der Waals surface area contributed by atoms with Gasteiger partial charge >= 0.3 is 0 Å². The predicted molar refractivity (Wildman–Crippen MR) is 80.6 cm³/mol. The zero-order chi connectivity index (χ0) is 15.2. The minimum atomic E-state index is -1.04. The number of benzene rings is 1. The Morgan fingerprint density at radius 2 is 2.24 bits per heavy atom. The molecule has 0 saturated heterocycles. The molecule has 0 aliphatic heterocycles. The van der Waals surface area contributed by atoms with Crippen LogP contribution in [0.2, 0.25) is 0 Å². The first-order valence-corrected chi connectivity index (χ1v) is 7.54. The maximum absolute atomic E-state index is 13.1. The number of amides is 1. The van der Waals surface area contributed by atoms with E-state index in [1.165, 1.54) is 30.0 Å². The molecule has 1 aromatic carbocycles. The molecule has 1 heterocycles. The Kier molecular flexibility index (Phi) is 5.30. The molecule has 0 aliphatic rings. The van der Waals surface area contributed by atoms with E-state index in [0.717, 1.165) is 5.03 Å². The highest BCUT2D eigenvalue weighted by molar-refractivity contribution is 7.98. The molecule has 0 unspecified atom stereocenters. The van der Waals surface area contributed by atoms with Gasteiger partial charge in [-0.15, -0.1) is 11.8 Å². The molecule has 21 heavy (non-hydrogen) atoms. The Morgan fingerprint density at radius 3 is 2.86 bits per heavy atom. The molecular formula is C15H15FN2O2S. The molecule has 2 rings (SSSR count). The highest BCUT2D eigenvalue weighted by Gasteiger charge is 2.13. The number of nitrogens with one attached hydrogen (secondary N) is 1. The van der Waals surface area contributed by atoms with Crippen LogP contribution in [0.15, 0.2) is 47.6 Å². The lowest BCUT2D eigenvalue weighted by molar-refractivity contribution is -0.118. The van der Waals surface area contributed by atoms with E-state index in [4.69, 9.17) is 0 Å². The Hall–Kier alpha value is -1.92. The number of carbonyl (C=O) groups is 1. The maximum atomic E-state index is 13.1. The lowest BCUT2D eigenvalue weighted by atomic mass is 10.1. The fraction of sp³-hybridized carbons (Fsp3) is 0.200. The van der Waals surface area contributed by atoms with Crippen molar-refractivity contribution >= 4 is 23.4 Å². The van der Waals surface area contributed by atoms with E-state index >= 15 is 0 Å². The van der Waals surface area contributed by atoms with Crippen molar-refractivity contribution in [1.82, 2.24) is 4.98 Å². The van der Waals surface area contributed by atoms with E-state index in [2.05, 4.69) is 10.3 Å². The molecule has 0 bridgehead atoms. The van der Waals surface area contributed by atoms with E-state index in [9.17, 15) is 14.3 Å². The van der Waals surface area contributed by atoms with Crippen LogP contribution in [0.1, 0.15) is 18.1 Å². The van der Waals surface area contributed by atoms with E-state index in [-0.39, 0.29) is 12.3 Å². The van der Waals surface area contributed by atoms with Gasteiger partial charge in [0.2, 0.25) is 5.91 Å². The summed E-state index contributed by atoms with van der Waals surface area (Å²) in [5.74, 6) is -0.797. The fourth-order valence-corrected chi connectivity index (χ4v) is 2.16. The molecule has 1 aromatic heterocycles. The molecule has 1 amide bonds. The summed E-state index contributed by atoms with van der Waals surface area (Å²) in [5, 5.41) is 13.4. The number of aliphatic hydroxyl groups is 1. The number of aromatic nitrogens is 1. The second-order valence-corrected chi connectivity index (χ2v) is 5.24. The number of hydrogen-bond donors (Lipinski definition) is 2. The first kappa shape index (κ1) is 15.5. The van der Waals surface area contributed by atoms with E-state index in [1.807, 2.05) is 6.26 Å². The fourth-order valence-electron chi connectivity index (χ4n) is 1.79. The van der Waals surface area contributed by atoms with Crippen LogP contribution in [0.25, 0.3) is 0 Å². The van der Waals surface area contributed by atoms with Crippen molar-refractivity contribution < 1.29 is 14.3 Å². The first-order valence-electron chi connectivity index (χ1n) is 6.32. The number of carbonyl (C=O) groups excluding carboxylic acids is 1. The largest absolute Gasteiger partial charge is 0.388 e. The van der Waals surface area contributed by atoms with Crippen molar-refractivity contribution in [3.8, 4) is 0 Å². The number of rotatable bonds is 5. The topological polar surface area (TPSA) is 62.2 Å². The molecule has 110 valence electrons. The maximum Gasteiger partial charge on any atom is 0.227 e. The summed E-state index contributed by atoms with van der Waals surface area (Å²) in [6, 6.07) is 9.11. The third-order valence-electron chi connectivity index (χ3n) is 2.84. The Bertz CT molecular complexity index is 619. The predicted octanol–water partition coefficient (Wildman–Crippen LogP) is 3.00. The third-order valence-corrected chi connectivity index (χ3v) is 3.50. The summed E-state index contributed by atoms with van der Waals surface area (Å²) in [5.41, 5.74) is 0.935. The van der Waals surface area contributed by atoms with Crippen LogP contribution < -0.4 is 5.32 Å². The summed E-state index contributed by atoms with van der Waals surface area (Å²) in [6.45, 7) is 0. The molecule has 1 atom stereocenters. The molecule has 0 saturated carbocycles. The van der Waals surface area contributed by atoms with Gasteiger partial charge in [-0.2, -0.15) is 0 Å². The number of anilines is 1. The van der Waals surface area contributed by atoms with Gasteiger partial charge in [-0.3, -0.25) is 4.79 Å².